The second kappa shape index (κ2) is 24.3. The van der Waals surface area contributed by atoms with Gasteiger partial charge in [0.05, 0.1) is 0 Å². The molecule has 0 aromatic heterocycles. The molecule has 0 amide bonds. The first-order valence-corrected chi connectivity index (χ1v) is 3.77. The second-order valence-electron chi connectivity index (χ2n) is 0.691. The average molecular weight is 158 g/mol. The maximum absolute atomic E-state index is 8.74. The molecule has 0 bridgehead atoms. The van der Waals surface area contributed by atoms with E-state index in [1.165, 1.54) is 0 Å². The quantitative estimate of drug-likeness (QED) is 0.508. The van der Waals surface area contributed by atoms with Gasteiger partial charge in [0.25, 0.3) is 0 Å². The molecule has 0 fully saturated rings. The van der Waals surface area contributed by atoms with Crippen LogP contribution in [0.15, 0.2) is 0 Å². The normalized spacial score (nSPS) is 6.56. The van der Waals surface area contributed by atoms with Gasteiger partial charge in [0.15, 0.2) is 0 Å². The number of hydrogen-bond donors (Lipinski definition) is 2. The van der Waals surface area contributed by atoms with E-state index < -0.39 is 8.25 Å². The Hall–Kier alpha value is 0.110. The molecule has 2 N–H and O–H groups in total. The van der Waals surface area contributed by atoms with Crippen molar-refractivity contribution in [3.05, 3.63) is 0 Å². The van der Waals surface area contributed by atoms with E-state index in [-0.39, 0.29) is 0 Å². The lowest BCUT2D eigenvalue weighted by Crippen LogP contribution is -1.55. The van der Waals surface area contributed by atoms with Crippen LogP contribution in [0.4, 0.5) is 0 Å². The summed E-state index contributed by atoms with van der Waals surface area (Å²) in [4.78, 5) is 14.3. The van der Waals surface area contributed by atoms with Crippen LogP contribution in [0.3, 0.4) is 0 Å². The summed E-state index contributed by atoms with van der Waals surface area (Å²) in [5.74, 6) is 0. The minimum atomic E-state index is -3.13. The maximum Gasteiger partial charge on any atom is 0.314 e. The van der Waals surface area contributed by atoms with Gasteiger partial charge in [-0.1, -0.05) is 13.8 Å². The molecule has 0 unspecified atom stereocenters. The zero-order valence-corrected chi connectivity index (χ0v) is 7.21. The summed E-state index contributed by atoms with van der Waals surface area (Å²) in [6.45, 7) is 4.00. The van der Waals surface area contributed by atoms with E-state index in [0.29, 0.717) is 0 Å². The van der Waals surface area contributed by atoms with Crippen LogP contribution in [-0.4, -0.2) is 24.0 Å². The van der Waals surface area contributed by atoms with Gasteiger partial charge in [-0.3, -0.25) is 4.57 Å². The van der Waals surface area contributed by atoms with E-state index in [1.54, 1.807) is 14.2 Å². The molecule has 0 atom stereocenters. The first kappa shape index (κ1) is 16.1. The molecule has 0 saturated carbocycles. The maximum atomic E-state index is 8.74. The molecule has 0 aromatic rings. The van der Waals surface area contributed by atoms with Gasteiger partial charge in [-0.05, 0) is 0 Å². The van der Waals surface area contributed by atoms with Gasteiger partial charge in [0.1, 0.15) is 0 Å². The van der Waals surface area contributed by atoms with E-state index in [2.05, 4.69) is 4.74 Å². The fourth-order valence-corrected chi connectivity index (χ4v) is 0. The molecule has 0 saturated heterocycles. The largest absolute Gasteiger partial charge is 0.388 e. The zero-order chi connectivity index (χ0) is 8.28. The number of rotatable bonds is 0. The molecule has 0 aliphatic heterocycles. The molecule has 0 aliphatic carbocycles. The van der Waals surface area contributed by atoms with E-state index in [1.807, 2.05) is 13.8 Å². The molecule has 0 aromatic carbocycles. The van der Waals surface area contributed by atoms with Crippen molar-refractivity contribution < 1.29 is 19.1 Å². The topological polar surface area (TPSA) is 66.8 Å². The number of hydrogen-bond acceptors (Lipinski definition) is 2. The SMILES string of the molecule is CC.COC.O=[PH](O)O. The van der Waals surface area contributed by atoms with Gasteiger partial charge < -0.3 is 14.5 Å². The highest BCUT2D eigenvalue weighted by Crippen LogP contribution is 1.98. The van der Waals surface area contributed by atoms with Crippen molar-refractivity contribution in [2.24, 2.45) is 0 Å². The van der Waals surface area contributed by atoms with Gasteiger partial charge in [-0.25, -0.2) is 0 Å². The Morgan fingerprint density at radius 3 is 1.22 bits per heavy atom. The predicted octanol–water partition coefficient (Wildman–Crippen LogP) is 0.649. The minimum Gasteiger partial charge on any atom is -0.388 e. The van der Waals surface area contributed by atoms with Crippen molar-refractivity contribution in [3.8, 4) is 0 Å². The monoisotopic (exact) mass is 158 g/mol. The van der Waals surface area contributed by atoms with Crippen molar-refractivity contribution >= 4 is 8.25 Å². The van der Waals surface area contributed by atoms with Crippen LogP contribution in [0, 0.1) is 0 Å². The fraction of sp³-hybridized carbons (Fsp3) is 1.00. The average Bonchev–Trinajstić information content (AvgIpc) is 1.71. The van der Waals surface area contributed by atoms with Crippen LogP contribution >= 0.6 is 8.25 Å². The summed E-state index contributed by atoms with van der Waals surface area (Å²) >= 11 is 0. The lowest BCUT2D eigenvalue weighted by atomic mass is 11.0. The molecular weight excluding hydrogens is 143 g/mol. The van der Waals surface area contributed by atoms with Gasteiger partial charge in [-0.15, -0.1) is 0 Å². The summed E-state index contributed by atoms with van der Waals surface area (Å²) in [6, 6.07) is 0. The summed E-state index contributed by atoms with van der Waals surface area (Å²) < 4.78 is 13.0. The highest BCUT2D eigenvalue weighted by molar-refractivity contribution is 7.30. The van der Waals surface area contributed by atoms with E-state index in [9.17, 15) is 0 Å². The highest BCUT2D eigenvalue weighted by Gasteiger charge is 1.61. The number of ether oxygens (including phenoxy) is 1. The van der Waals surface area contributed by atoms with Gasteiger partial charge in [-0.2, -0.15) is 0 Å². The van der Waals surface area contributed by atoms with Crippen LogP contribution in [0.25, 0.3) is 0 Å². The van der Waals surface area contributed by atoms with Crippen molar-refractivity contribution in [2.45, 2.75) is 13.8 Å². The lowest BCUT2D eigenvalue weighted by molar-refractivity contribution is 0.277. The highest BCUT2D eigenvalue weighted by atomic mass is 31.1. The van der Waals surface area contributed by atoms with Crippen molar-refractivity contribution in [1.29, 1.82) is 0 Å². The molecule has 0 radical (unpaired) electrons. The standard InChI is InChI=1S/C2H6O.C2H6.H3O3P/c1-3-2;1-2;1-4(2)3/h1-2H3;1-2H3;4H,(H2,1,2,3). The van der Waals surface area contributed by atoms with Crippen LogP contribution < -0.4 is 0 Å². The van der Waals surface area contributed by atoms with Crippen molar-refractivity contribution in [2.75, 3.05) is 14.2 Å². The molecule has 0 heterocycles. The Kier molecular flexibility index (Phi) is 43.3. The van der Waals surface area contributed by atoms with Crippen LogP contribution in [0.1, 0.15) is 13.8 Å². The third kappa shape index (κ3) is 25000. The molecule has 60 valence electrons. The molecular formula is C4H15O4P. The fourth-order valence-electron chi connectivity index (χ4n) is 0. The van der Waals surface area contributed by atoms with E-state index in [4.69, 9.17) is 14.4 Å². The van der Waals surface area contributed by atoms with Crippen LogP contribution in [0.5, 0.6) is 0 Å². The Balaban J connectivity index is -0.0000000646. The summed E-state index contributed by atoms with van der Waals surface area (Å²) in [7, 11) is 0.120. The van der Waals surface area contributed by atoms with Gasteiger partial charge >= 0.3 is 8.25 Å². The van der Waals surface area contributed by atoms with Gasteiger partial charge in [0.2, 0.25) is 0 Å². The van der Waals surface area contributed by atoms with Crippen molar-refractivity contribution in [3.63, 3.8) is 0 Å². The summed E-state index contributed by atoms with van der Waals surface area (Å²) in [5, 5.41) is 0. The molecule has 9 heavy (non-hydrogen) atoms. The van der Waals surface area contributed by atoms with Crippen molar-refractivity contribution in [1.82, 2.24) is 0 Å². The Morgan fingerprint density at radius 2 is 1.22 bits per heavy atom. The zero-order valence-electron chi connectivity index (χ0n) is 6.21. The first-order chi connectivity index (χ1) is 4.15. The molecule has 5 heteroatoms. The molecule has 0 rings (SSSR count). The Bertz CT molecular complexity index is 43.8. The third-order valence-electron chi connectivity index (χ3n) is 0. The third-order valence-corrected chi connectivity index (χ3v) is 0. The minimum absolute atomic E-state index is 1.62. The number of methoxy groups -OCH3 is 1. The molecule has 0 spiro atoms. The van der Waals surface area contributed by atoms with Crippen LogP contribution in [0.2, 0.25) is 0 Å². The molecule has 4 nitrogen and oxygen atoms in total. The Morgan fingerprint density at radius 1 is 1.22 bits per heavy atom. The molecule has 0 aliphatic rings. The van der Waals surface area contributed by atoms with Crippen LogP contribution in [-0.2, 0) is 9.30 Å². The van der Waals surface area contributed by atoms with Gasteiger partial charge in [0, 0.05) is 14.2 Å². The summed E-state index contributed by atoms with van der Waals surface area (Å²) in [6.07, 6.45) is 0. The predicted molar refractivity (Wildman–Crippen MR) is 37.7 cm³/mol. The van der Waals surface area contributed by atoms with E-state index >= 15 is 0 Å². The summed E-state index contributed by atoms with van der Waals surface area (Å²) in [5.41, 5.74) is 0. The smallest absolute Gasteiger partial charge is 0.314 e. The Labute approximate surface area is 56.4 Å². The van der Waals surface area contributed by atoms with E-state index in [0.717, 1.165) is 0 Å². The lowest BCUT2D eigenvalue weighted by Gasteiger charge is -1.61. The first-order valence-electron chi connectivity index (χ1n) is 2.47. The second-order valence-corrected chi connectivity index (χ2v) is 1.26.